The van der Waals surface area contributed by atoms with Gasteiger partial charge in [0.15, 0.2) is 11.5 Å². The van der Waals surface area contributed by atoms with Crippen molar-refractivity contribution in [2.24, 2.45) is 5.73 Å². The van der Waals surface area contributed by atoms with Gasteiger partial charge in [0.2, 0.25) is 0 Å². The number of rotatable bonds is 8. The first-order chi connectivity index (χ1) is 15.8. The molecule has 1 fully saturated rings. The van der Waals surface area contributed by atoms with E-state index in [1.807, 2.05) is 0 Å². The van der Waals surface area contributed by atoms with Crippen molar-refractivity contribution in [3.8, 4) is 5.75 Å². The highest BCUT2D eigenvalue weighted by Gasteiger charge is 2.24. The summed E-state index contributed by atoms with van der Waals surface area (Å²) in [6.07, 6.45) is 5.29. The van der Waals surface area contributed by atoms with Crippen LogP contribution in [0.4, 0.5) is 0 Å². The number of ketones is 1. The third-order valence-electron chi connectivity index (χ3n) is 5.79. The number of nitrogens with two attached hydrogens (primary N) is 1. The molecule has 0 spiro atoms. The van der Waals surface area contributed by atoms with Crippen LogP contribution in [0, 0.1) is 5.41 Å². The summed E-state index contributed by atoms with van der Waals surface area (Å²) < 4.78 is 0. The summed E-state index contributed by atoms with van der Waals surface area (Å²) >= 11 is 0. The van der Waals surface area contributed by atoms with Gasteiger partial charge in [0.05, 0.1) is 6.04 Å². The van der Waals surface area contributed by atoms with Crippen LogP contribution in [0.25, 0.3) is 0 Å². The molecule has 1 saturated carbocycles. The molecule has 0 aliphatic heterocycles. The number of benzene rings is 2. The summed E-state index contributed by atoms with van der Waals surface area (Å²) in [5.74, 6) is -0.636. The topological polar surface area (TPSA) is 132 Å². The molecule has 2 aromatic rings. The zero-order chi connectivity index (χ0) is 24.0. The van der Waals surface area contributed by atoms with Gasteiger partial charge >= 0.3 is 5.97 Å². The number of carbonyl (C=O) groups is 3. The minimum atomic E-state index is -0.760. The molecule has 0 radical (unpaired) electrons. The smallest absolute Gasteiger partial charge is 0.352 e. The van der Waals surface area contributed by atoms with Crippen molar-refractivity contribution in [2.75, 3.05) is 0 Å². The summed E-state index contributed by atoms with van der Waals surface area (Å²) in [5.41, 5.74) is 7.61. The highest BCUT2D eigenvalue weighted by Crippen LogP contribution is 2.38. The zero-order valence-electron chi connectivity index (χ0n) is 18.9. The fourth-order valence-corrected chi connectivity index (χ4v) is 4.01. The number of amides is 1. The lowest BCUT2D eigenvalue weighted by atomic mass is 9.82. The molecule has 4 N–H and O–H groups in total. The van der Waals surface area contributed by atoms with Gasteiger partial charge in [0, 0.05) is 29.2 Å². The molecular formula is C25H29N3O5. The molecule has 1 atom stereocenters. The Balaban J connectivity index is 1.76. The fraction of sp³-hybridized carbons (Fsp3) is 0.360. The zero-order valence-corrected chi connectivity index (χ0v) is 18.9. The van der Waals surface area contributed by atoms with Crippen molar-refractivity contribution in [2.45, 2.75) is 57.9 Å². The molecule has 0 saturated heterocycles. The van der Waals surface area contributed by atoms with Crippen LogP contribution in [0.15, 0.2) is 42.5 Å². The fourth-order valence-electron chi connectivity index (χ4n) is 4.01. The maximum atomic E-state index is 13.1. The van der Waals surface area contributed by atoms with E-state index < -0.39 is 17.9 Å². The lowest BCUT2D eigenvalue weighted by Gasteiger charge is -2.24. The number of hydrogen-bond acceptors (Lipinski definition) is 6. The largest absolute Gasteiger partial charge is 0.384 e. The average molecular weight is 452 g/mol. The number of Topliss-reactive ketones (excluding diaryl/α,β-unsaturated/α-hetero) is 1. The van der Waals surface area contributed by atoms with Gasteiger partial charge in [-0.2, -0.15) is 0 Å². The molecule has 1 amide bonds. The summed E-state index contributed by atoms with van der Waals surface area (Å²) in [6.45, 7) is 2.89. The Morgan fingerprint density at radius 2 is 1.61 bits per heavy atom. The normalized spacial score (nSPS) is 14.7. The Morgan fingerprint density at radius 1 is 1.00 bits per heavy atom. The number of amidine groups is 1. The van der Waals surface area contributed by atoms with Crippen molar-refractivity contribution in [3.05, 3.63) is 64.7 Å². The van der Waals surface area contributed by atoms with Gasteiger partial charge in [-0.3, -0.25) is 24.8 Å². The van der Waals surface area contributed by atoms with E-state index in [1.165, 1.54) is 13.3 Å². The second-order valence-electron chi connectivity index (χ2n) is 8.30. The minimum absolute atomic E-state index is 0.0830. The molecule has 0 heterocycles. The van der Waals surface area contributed by atoms with E-state index >= 15 is 0 Å². The van der Waals surface area contributed by atoms with Gasteiger partial charge in [-0.05, 0) is 56.0 Å². The van der Waals surface area contributed by atoms with Gasteiger partial charge in [0.1, 0.15) is 5.84 Å². The number of carbonyl (C=O) groups excluding carboxylic acids is 3. The highest BCUT2D eigenvalue weighted by molar-refractivity contribution is 6.04. The number of nitrogen functional groups attached to an aromatic ring is 1. The Hall–Kier alpha value is -3.68. The maximum Gasteiger partial charge on any atom is 0.352 e. The first kappa shape index (κ1) is 24.0. The van der Waals surface area contributed by atoms with Crippen LogP contribution in [0.3, 0.4) is 0 Å². The van der Waals surface area contributed by atoms with Crippen LogP contribution in [0.5, 0.6) is 5.75 Å². The standard InChI is InChI=1S/C25H29N3O5/c1-15(28-25(31)19-10-8-18(9-11-19)24(26)27)23(30)20-12-13-22(33-32-16(2)29)21(14-20)17-6-4-3-5-7-17/h8-15,17H,3-7H2,1-2H3,(H3,26,27)(H,28,31)/t15-/m0/s1. The lowest BCUT2D eigenvalue weighted by Crippen LogP contribution is -2.38. The molecule has 8 nitrogen and oxygen atoms in total. The second-order valence-corrected chi connectivity index (χ2v) is 8.30. The Kier molecular flexibility index (Phi) is 7.82. The van der Waals surface area contributed by atoms with Crippen molar-refractivity contribution in [1.82, 2.24) is 5.32 Å². The lowest BCUT2D eigenvalue weighted by molar-refractivity contribution is -0.211. The van der Waals surface area contributed by atoms with Crippen LogP contribution >= 0.6 is 0 Å². The van der Waals surface area contributed by atoms with Crippen LogP contribution < -0.4 is 15.9 Å². The molecule has 0 bridgehead atoms. The molecule has 33 heavy (non-hydrogen) atoms. The van der Waals surface area contributed by atoms with Gasteiger partial charge in [0.25, 0.3) is 5.91 Å². The molecule has 1 aliphatic carbocycles. The Labute approximate surface area is 192 Å². The Morgan fingerprint density at radius 3 is 2.21 bits per heavy atom. The van der Waals surface area contributed by atoms with Crippen LogP contribution in [0.1, 0.15) is 83.7 Å². The van der Waals surface area contributed by atoms with Crippen molar-refractivity contribution < 1.29 is 24.2 Å². The maximum absolute atomic E-state index is 13.1. The monoisotopic (exact) mass is 451 g/mol. The van der Waals surface area contributed by atoms with Gasteiger partial charge < -0.3 is 11.1 Å². The third-order valence-corrected chi connectivity index (χ3v) is 5.79. The van der Waals surface area contributed by atoms with Crippen LogP contribution in [-0.2, 0) is 9.68 Å². The van der Waals surface area contributed by atoms with Crippen molar-refractivity contribution in [1.29, 1.82) is 5.41 Å². The number of nitrogens with one attached hydrogen (secondary N) is 2. The van der Waals surface area contributed by atoms with Gasteiger partial charge in [-0.25, -0.2) is 4.79 Å². The van der Waals surface area contributed by atoms with Gasteiger partial charge in [-0.1, -0.05) is 31.4 Å². The van der Waals surface area contributed by atoms with Crippen molar-refractivity contribution >= 4 is 23.5 Å². The second kappa shape index (κ2) is 10.8. The van der Waals surface area contributed by atoms with Crippen molar-refractivity contribution in [3.63, 3.8) is 0 Å². The predicted octanol–water partition coefficient (Wildman–Crippen LogP) is 3.88. The Bertz CT molecular complexity index is 1040. The number of hydrogen-bond donors (Lipinski definition) is 3. The first-order valence-electron chi connectivity index (χ1n) is 11.0. The highest BCUT2D eigenvalue weighted by atomic mass is 17.2. The van der Waals surface area contributed by atoms with E-state index in [0.29, 0.717) is 22.4 Å². The molecular weight excluding hydrogens is 422 g/mol. The summed E-state index contributed by atoms with van der Waals surface area (Å²) in [5, 5.41) is 10.2. The van der Waals surface area contributed by atoms with E-state index in [2.05, 4.69) is 5.32 Å². The average Bonchev–Trinajstić information content (AvgIpc) is 2.82. The molecule has 2 aromatic carbocycles. The molecule has 174 valence electrons. The van der Waals surface area contributed by atoms with E-state index in [-0.39, 0.29) is 17.5 Å². The van der Waals surface area contributed by atoms with E-state index in [4.69, 9.17) is 20.9 Å². The molecule has 8 heteroatoms. The van der Waals surface area contributed by atoms with Crippen LogP contribution in [-0.4, -0.2) is 29.5 Å². The van der Waals surface area contributed by atoms with Gasteiger partial charge in [-0.15, -0.1) is 0 Å². The summed E-state index contributed by atoms with van der Waals surface area (Å²) in [4.78, 5) is 46.8. The summed E-state index contributed by atoms with van der Waals surface area (Å²) in [7, 11) is 0. The molecule has 1 aliphatic rings. The quantitative estimate of drug-likeness (QED) is 0.183. The third kappa shape index (κ3) is 6.19. The summed E-state index contributed by atoms with van der Waals surface area (Å²) in [6, 6.07) is 10.6. The molecule has 0 unspecified atom stereocenters. The minimum Gasteiger partial charge on any atom is -0.384 e. The SMILES string of the molecule is CC(=O)OOc1ccc(C(=O)[C@H](C)NC(=O)c2ccc(C(=N)N)cc2)cc1C1CCCCC1. The van der Waals surface area contributed by atoms with Crippen LogP contribution in [0.2, 0.25) is 0 Å². The van der Waals surface area contributed by atoms with E-state index in [9.17, 15) is 14.4 Å². The first-order valence-corrected chi connectivity index (χ1v) is 11.0. The van der Waals surface area contributed by atoms with E-state index in [0.717, 1.165) is 31.2 Å². The predicted molar refractivity (Wildman–Crippen MR) is 123 cm³/mol. The van der Waals surface area contributed by atoms with E-state index in [1.54, 1.807) is 49.4 Å². The molecule has 0 aromatic heterocycles. The molecule has 3 rings (SSSR count).